The minimum atomic E-state index is -1.09. The molecular formula is C25H27Cl3O4. The minimum absolute atomic E-state index is 0.0487. The SMILES string of the molecule is C=C(C)[C@@H]1C[C@@H](c2ccc(Cl)cc2)[C@@H](C(C)C)O[C@H]1c1cc(Cl)cc(Cl)c1OCC(=O)O. The Hall–Kier alpha value is -1.72. The smallest absolute Gasteiger partial charge is 0.341 e. The van der Waals surface area contributed by atoms with Gasteiger partial charge in [0.1, 0.15) is 5.75 Å². The number of ether oxygens (including phenoxy) is 2. The molecule has 3 rings (SSSR count). The van der Waals surface area contributed by atoms with Gasteiger partial charge in [0.05, 0.1) is 17.2 Å². The highest BCUT2D eigenvalue weighted by atomic mass is 35.5. The first-order valence-corrected chi connectivity index (χ1v) is 11.6. The van der Waals surface area contributed by atoms with Crippen LogP contribution < -0.4 is 4.74 Å². The highest BCUT2D eigenvalue weighted by Crippen LogP contribution is 2.51. The van der Waals surface area contributed by atoms with Crippen molar-refractivity contribution in [2.24, 2.45) is 11.8 Å². The van der Waals surface area contributed by atoms with Gasteiger partial charge in [0.2, 0.25) is 0 Å². The number of carboxylic acid groups (broad SMARTS) is 1. The van der Waals surface area contributed by atoms with Gasteiger partial charge >= 0.3 is 5.97 Å². The number of benzene rings is 2. The maximum absolute atomic E-state index is 11.1. The maximum Gasteiger partial charge on any atom is 0.341 e. The molecule has 0 unspecified atom stereocenters. The zero-order chi connectivity index (χ0) is 23.6. The standard InChI is InChI=1S/C25H27Cl3O4/c1-13(2)18-11-19(15-5-7-16(26)8-6-15)23(14(3)4)32-24(18)20-9-17(27)10-21(28)25(20)31-12-22(29)30/h5-10,14,18-19,23-24H,1,11-12H2,2-4H3,(H,29,30)/t18-,19-,23+,24+/m0/s1. The van der Waals surface area contributed by atoms with E-state index in [4.69, 9.17) is 49.4 Å². The summed E-state index contributed by atoms with van der Waals surface area (Å²) in [5.74, 6) is -0.494. The number of hydrogen-bond donors (Lipinski definition) is 1. The maximum atomic E-state index is 11.1. The van der Waals surface area contributed by atoms with E-state index in [-0.39, 0.29) is 34.6 Å². The summed E-state index contributed by atoms with van der Waals surface area (Å²) in [5.41, 5.74) is 2.75. The number of carboxylic acids is 1. The summed E-state index contributed by atoms with van der Waals surface area (Å²) in [5, 5.41) is 10.5. The van der Waals surface area contributed by atoms with Crippen LogP contribution >= 0.6 is 34.8 Å². The van der Waals surface area contributed by atoms with E-state index >= 15 is 0 Å². The number of hydrogen-bond acceptors (Lipinski definition) is 3. The molecule has 172 valence electrons. The van der Waals surface area contributed by atoms with Crippen molar-refractivity contribution in [1.82, 2.24) is 0 Å². The molecule has 4 atom stereocenters. The van der Waals surface area contributed by atoms with Crippen LogP contribution in [0.5, 0.6) is 5.75 Å². The van der Waals surface area contributed by atoms with Gasteiger partial charge in [0, 0.05) is 27.4 Å². The van der Waals surface area contributed by atoms with Crippen LogP contribution in [0, 0.1) is 11.8 Å². The van der Waals surface area contributed by atoms with Gasteiger partial charge in [0.15, 0.2) is 6.61 Å². The predicted molar refractivity (Wildman–Crippen MR) is 129 cm³/mol. The van der Waals surface area contributed by atoms with Crippen LogP contribution in [0.4, 0.5) is 0 Å². The van der Waals surface area contributed by atoms with Crippen molar-refractivity contribution in [2.75, 3.05) is 6.61 Å². The Balaban J connectivity index is 2.06. The van der Waals surface area contributed by atoms with Gasteiger partial charge in [-0.1, -0.05) is 72.9 Å². The Labute approximate surface area is 204 Å². The Morgan fingerprint density at radius 2 is 1.84 bits per heavy atom. The van der Waals surface area contributed by atoms with Crippen molar-refractivity contribution in [3.05, 3.63) is 74.7 Å². The zero-order valence-electron chi connectivity index (χ0n) is 18.3. The van der Waals surface area contributed by atoms with Crippen LogP contribution in [-0.2, 0) is 9.53 Å². The molecule has 0 radical (unpaired) electrons. The predicted octanol–water partition coefficient (Wildman–Crippen LogP) is 7.57. The van der Waals surface area contributed by atoms with Crippen LogP contribution in [-0.4, -0.2) is 23.8 Å². The van der Waals surface area contributed by atoms with E-state index in [9.17, 15) is 4.79 Å². The molecule has 4 nitrogen and oxygen atoms in total. The summed E-state index contributed by atoms with van der Waals surface area (Å²) < 4.78 is 12.3. The summed E-state index contributed by atoms with van der Waals surface area (Å²) >= 11 is 18.8. The fourth-order valence-electron chi connectivity index (χ4n) is 4.38. The molecular weight excluding hydrogens is 471 g/mol. The Bertz CT molecular complexity index is 987. The van der Waals surface area contributed by atoms with E-state index in [0.29, 0.717) is 15.6 Å². The molecule has 0 spiro atoms. The van der Waals surface area contributed by atoms with Crippen LogP contribution in [0.15, 0.2) is 48.6 Å². The second kappa shape index (κ2) is 10.5. The second-order valence-electron chi connectivity index (χ2n) is 8.60. The van der Waals surface area contributed by atoms with Gasteiger partial charge in [-0.25, -0.2) is 4.79 Å². The lowest BCUT2D eigenvalue weighted by atomic mass is 9.73. The molecule has 1 aliphatic rings. The van der Waals surface area contributed by atoms with E-state index < -0.39 is 18.7 Å². The zero-order valence-corrected chi connectivity index (χ0v) is 20.5. The Morgan fingerprint density at radius 1 is 1.19 bits per heavy atom. The lowest BCUT2D eigenvalue weighted by molar-refractivity contribution is -0.139. The number of carbonyl (C=O) groups is 1. The summed E-state index contributed by atoms with van der Waals surface area (Å²) in [4.78, 5) is 11.1. The average Bonchev–Trinajstić information content (AvgIpc) is 2.72. The summed E-state index contributed by atoms with van der Waals surface area (Å²) in [6.07, 6.45) is 0.276. The molecule has 0 saturated carbocycles. The first-order chi connectivity index (χ1) is 15.1. The third kappa shape index (κ3) is 5.60. The van der Waals surface area contributed by atoms with Crippen molar-refractivity contribution in [2.45, 2.75) is 45.3 Å². The second-order valence-corrected chi connectivity index (χ2v) is 9.88. The van der Waals surface area contributed by atoms with Gasteiger partial charge in [-0.15, -0.1) is 0 Å². The summed E-state index contributed by atoms with van der Waals surface area (Å²) in [6, 6.07) is 11.2. The van der Waals surface area contributed by atoms with Crippen LogP contribution in [0.2, 0.25) is 15.1 Å². The highest BCUT2D eigenvalue weighted by Gasteiger charge is 2.42. The van der Waals surface area contributed by atoms with Gasteiger partial charge in [-0.3, -0.25) is 0 Å². The molecule has 1 saturated heterocycles. The van der Waals surface area contributed by atoms with E-state index in [0.717, 1.165) is 17.6 Å². The number of rotatable bonds is 7. The molecule has 0 aromatic heterocycles. The minimum Gasteiger partial charge on any atom is -0.480 e. The van der Waals surface area contributed by atoms with E-state index in [2.05, 4.69) is 20.4 Å². The van der Waals surface area contributed by atoms with Crippen molar-refractivity contribution < 1.29 is 19.4 Å². The van der Waals surface area contributed by atoms with Gasteiger partial charge in [0.25, 0.3) is 0 Å². The normalized spacial score (nSPS) is 23.2. The Kier molecular flexibility index (Phi) is 8.16. The van der Waals surface area contributed by atoms with E-state index in [1.165, 1.54) is 0 Å². The largest absolute Gasteiger partial charge is 0.480 e. The van der Waals surface area contributed by atoms with Crippen molar-refractivity contribution >= 4 is 40.8 Å². The molecule has 32 heavy (non-hydrogen) atoms. The van der Waals surface area contributed by atoms with Crippen molar-refractivity contribution in [1.29, 1.82) is 0 Å². The molecule has 0 bridgehead atoms. The lowest BCUT2D eigenvalue weighted by Gasteiger charge is -2.44. The Morgan fingerprint density at radius 3 is 2.41 bits per heavy atom. The average molecular weight is 498 g/mol. The molecule has 0 aliphatic carbocycles. The van der Waals surface area contributed by atoms with Gasteiger partial charge in [-0.05, 0) is 49.1 Å². The molecule has 1 heterocycles. The summed E-state index contributed by atoms with van der Waals surface area (Å²) in [6.45, 7) is 9.92. The monoisotopic (exact) mass is 496 g/mol. The van der Waals surface area contributed by atoms with Crippen molar-refractivity contribution in [3.63, 3.8) is 0 Å². The summed E-state index contributed by atoms with van der Waals surface area (Å²) in [7, 11) is 0. The molecule has 7 heteroatoms. The highest BCUT2D eigenvalue weighted by molar-refractivity contribution is 6.35. The van der Waals surface area contributed by atoms with E-state index in [1.807, 2.05) is 31.2 Å². The van der Waals surface area contributed by atoms with Crippen molar-refractivity contribution in [3.8, 4) is 5.75 Å². The first kappa shape index (κ1) is 24.9. The fourth-order valence-corrected chi connectivity index (χ4v) is 5.06. The van der Waals surface area contributed by atoms with Gasteiger partial charge < -0.3 is 14.6 Å². The molecule has 2 aromatic carbocycles. The van der Waals surface area contributed by atoms with E-state index in [1.54, 1.807) is 12.1 Å². The van der Waals surface area contributed by atoms with Crippen LogP contribution in [0.3, 0.4) is 0 Å². The van der Waals surface area contributed by atoms with Crippen LogP contribution in [0.1, 0.15) is 50.3 Å². The fraction of sp³-hybridized carbons (Fsp3) is 0.400. The lowest BCUT2D eigenvalue weighted by Crippen LogP contribution is -2.39. The molecule has 1 N–H and O–H groups in total. The molecule has 2 aromatic rings. The third-order valence-corrected chi connectivity index (χ3v) is 6.60. The molecule has 1 fully saturated rings. The first-order valence-electron chi connectivity index (χ1n) is 10.5. The molecule has 1 aliphatic heterocycles. The third-order valence-electron chi connectivity index (χ3n) is 5.85. The van der Waals surface area contributed by atoms with Gasteiger partial charge in [-0.2, -0.15) is 0 Å². The topological polar surface area (TPSA) is 55.8 Å². The van der Waals surface area contributed by atoms with Crippen LogP contribution in [0.25, 0.3) is 0 Å². The number of aliphatic carboxylic acids is 1. The molecule has 0 amide bonds. The quantitative estimate of drug-likeness (QED) is 0.401. The number of halogens is 3.